The van der Waals surface area contributed by atoms with Crippen LogP contribution in [0.15, 0.2) is 37.3 Å². The van der Waals surface area contributed by atoms with Crippen molar-refractivity contribution in [3.8, 4) is 6.07 Å². The molecule has 9 heteroatoms. The van der Waals surface area contributed by atoms with Crippen LogP contribution in [0.1, 0.15) is 24.6 Å². The number of amides is 1. The molecule has 1 saturated carbocycles. The van der Waals surface area contributed by atoms with E-state index in [2.05, 4.69) is 32.9 Å². The monoisotopic (exact) mass is 419 g/mol. The Morgan fingerprint density at radius 3 is 2.90 bits per heavy atom. The molecule has 1 aliphatic carbocycles. The second kappa shape index (κ2) is 8.14. The van der Waals surface area contributed by atoms with Gasteiger partial charge in [0.25, 0.3) is 0 Å². The molecule has 1 aliphatic rings. The number of carbonyl (C=O) groups excluding carboxylic acids is 1. The molecule has 2 atom stereocenters. The molecular weight excluding hydrogens is 397 g/mol. The Morgan fingerprint density at radius 1 is 1.48 bits per heavy atom. The highest BCUT2D eigenvalue weighted by molar-refractivity contribution is 6.01. The summed E-state index contributed by atoms with van der Waals surface area (Å²) in [5.41, 5.74) is 3.36. The maximum absolute atomic E-state index is 13.4. The lowest BCUT2D eigenvalue weighted by Gasteiger charge is -2.25. The van der Waals surface area contributed by atoms with Crippen LogP contribution in [-0.4, -0.2) is 38.1 Å². The maximum atomic E-state index is 13.4. The van der Waals surface area contributed by atoms with Gasteiger partial charge >= 0.3 is 0 Å². The number of aryl methyl sites for hydroxylation is 2. The Morgan fingerprint density at radius 2 is 2.26 bits per heavy atom. The minimum atomic E-state index is -1.10. The quantitative estimate of drug-likeness (QED) is 0.589. The van der Waals surface area contributed by atoms with E-state index >= 15 is 0 Å². The number of fused-ring (bicyclic) bond motifs is 1. The summed E-state index contributed by atoms with van der Waals surface area (Å²) in [6.45, 7) is 6.28. The lowest BCUT2D eigenvalue weighted by atomic mass is 10.1. The number of hydrogen-bond donors (Lipinski definition) is 1. The first-order valence-corrected chi connectivity index (χ1v) is 10.0. The van der Waals surface area contributed by atoms with E-state index < -0.39 is 18.0 Å². The normalized spacial score (nSPS) is 17.2. The predicted octanol–water partition coefficient (Wildman–Crippen LogP) is 3.42. The number of imidazole rings is 1. The molecule has 1 N–H and O–H groups in total. The van der Waals surface area contributed by atoms with Gasteiger partial charge in [0.05, 0.1) is 29.6 Å². The zero-order chi connectivity index (χ0) is 22.1. The molecular formula is C22H22FN7O. The lowest BCUT2D eigenvalue weighted by molar-refractivity contribution is -0.117. The first-order valence-electron chi connectivity index (χ1n) is 10.0. The molecule has 1 amide bonds. The van der Waals surface area contributed by atoms with E-state index in [1.807, 2.05) is 29.5 Å². The molecule has 0 aromatic carbocycles. The van der Waals surface area contributed by atoms with Crippen molar-refractivity contribution < 1.29 is 9.18 Å². The minimum Gasteiger partial charge on any atom is -0.334 e. The second-order valence-corrected chi connectivity index (χ2v) is 7.46. The Labute approximate surface area is 179 Å². The van der Waals surface area contributed by atoms with Crippen molar-refractivity contribution in [2.24, 2.45) is 13.0 Å². The molecule has 0 saturated heterocycles. The van der Waals surface area contributed by atoms with Crippen LogP contribution in [0.4, 0.5) is 21.7 Å². The van der Waals surface area contributed by atoms with E-state index in [9.17, 15) is 14.4 Å². The molecule has 0 bridgehead atoms. The van der Waals surface area contributed by atoms with E-state index in [-0.39, 0.29) is 12.2 Å². The number of nitriles is 1. The number of carbonyl (C=O) groups is 1. The molecule has 0 radical (unpaired) electrons. The van der Waals surface area contributed by atoms with Crippen LogP contribution < -0.4 is 10.2 Å². The SMILES string of the molecule is C=CCN(c1cc2c(ncn2C)c(NC(=O)[C@H]2C[C@H]2F)n1)c1cnc(C#N)cc1CC. The Kier molecular flexibility index (Phi) is 5.38. The van der Waals surface area contributed by atoms with Gasteiger partial charge in [0.2, 0.25) is 5.91 Å². The molecule has 3 heterocycles. The van der Waals surface area contributed by atoms with E-state index in [4.69, 9.17) is 0 Å². The van der Waals surface area contributed by atoms with Crippen molar-refractivity contribution in [3.63, 3.8) is 0 Å². The molecule has 0 unspecified atom stereocenters. The molecule has 1 fully saturated rings. The third-order valence-corrected chi connectivity index (χ3v) is 5.33. The number of pyridine rings is 2. The topological polar surface area (TPSA) is 99.7 Å². The van der Waals surface area contributed by atoms with Gasteiger partial charge in [-0.3, -0.25) is 4.79 Å². The van der Waals surface area contributed by atoms with Crippen molar-refractivity contribution >= 4 is 34.3 Å². The minimum absolute atomic E-state index is 0.232. The average Bonchev–Trinajstić information content (AvgIpc) is 3.40. The van der Waals surface area contributed by atoms with Crippen molar-refractivity contribution in [3.05, 3.63) is 48.6 Å². The molecule has 3 aromatic rings. The fraction of sp³-hybridized carbons (Fsp3) is 0.318. The van der Waals surface area contributed by atoms with Crippen molar-refractivity contribution in [2.75, 3.05) is 16.8 Å². The standard InChI is InChI=1S/C22H22FN7O/c1-4-6-30(18-11-25-14(10-24)7-13(18)5-2)19-9-17-20(26-12-29(17)3)21(27-19)28-22(31)15-8-16(15)23/h4,7,9,11-12,15-16H,1,5-6,8H2,2-3H3,(H,27,28,31)/t15-,16+/m0/s1. The number of alkyl halides is 1. The number of aromatic nitrogens is 4. The number of nitrogens with zero attached hydrogens (tertiary/aromatic N) is 6. The number of hydrogen-bond acceptors (Lipinski definition) is 6. The summed E-state index contributed by atoms with van der Waals surface area (Å²) in [5, 5.41) is 11.9. The van der Waals surface area contributed by atoms with Gasteiger partial charge in [-0.2, -0.15) is 5.26 Å². The van der Waals surface area contributed by atoms with Gasteiger partial charge in [0.15, 0.2) is 5.82 Å². The number of anilines is 3. The lowest BCUT2D eigenvalue weighted by Crippen LogP contribution is -2.22. The highest BCUT2D eigenvalue weighted by Gasteiger charge is 2.44. The van der Waals surface area contributed by atoms with Crippen molar-refractivity contribution in [1.82, 2.24) is 19.5 Å². The van der Waals surface area contributed by atoms with E-state index in [1.165, 1.54) is 0 Å². The van der Waals surface area contributed by atoms with Crippen LogP contribution in [0.5, 0.6) is 0 Å². The van der Waals surface area contributed by atoms with E-state index in [0.717, 1.165) is 16.8 Å². The molecule has 4 rings (SSSR count). The number of halogens is 1. The average molecular weight is 419 g/mol. The van der Waals surface area contributed by atoms with Crippen LogP contribution in [0.3, 0.4) is 0 Å². The fourth-order valence-corrected chi connectivity index (χ4v) is 3.51. The first-order chi connectivity index (χ1) is 15.0. The van der Waals surface area contributed by atoms with E-state index in [0.29, 0.717) is 30.0 Å². The molecule has 0 aliphatic heterocycles. The van der Waals surface area contributed by atoms with Gasteiger partial charge in [-0.1, -0.05) is 13.0 Å². The van der Waals surface area contributed by atoms with Crippen molar-refractivity contribution in [2.45, 2.75) is 25.9 Å². The highest BCUT2D eigenvalue weighted by Crippen LogP contribution is 2.36. The molecule has 3 aromatic heterocycles. The summed E-state index contributed by atoms with van der Waals surface area (Å²) < 4.78 is 15.2. The summed E-state index contributed by atoms with van der Waals surface area (Å²) in [6, 6.07) is 5.69. The van der Waals surface area contributed by atoms with Crippen LogP contribution in [0.25, 0.3) is 11.0 Å². The zero-order valence-corrected chi connectivity index (χ0v) is 17.3. The summed E-state index contributed by atoms with van der Waals surface area (Å²) >= 11 is 0. The Hall–Kier alpha value is -3.80. The van der Waals surface area contributed by atoms with Crippen molar-refractivity contribution in [1.29, 1.82) is 5.26 Å². The predicted molar refractivity (Wildman–Crippen MR) is 116 cm³/mol. The van der Waals surface area contributed by atoms with Crippen LogP contribution in [-0.2, 0) is 18.3 Å². The van der Waals surface area contributed by atoms with E-state index in [1.54, 1.807) is 24.7 Å². The largest absolute Gasteiger partial charge is 0.334 e. The van der Waals surface area contributed by atoms with Crippen LogP contribution in [0.2, 0.25) is 0 Å². The number of rotatable bonds is 7. The summed E-state index contributed by atoms with van der Waals surface area (Å²) in [5.74, 6) is -0.192. The molecule has 158 valence electrons. The van der Waals surface area contributed by atoms with Gasteiger partial charge in [0, 0.05) is 19.7 Å². The van der Waals surface area contributed by atoms with Gasteiger partial charge in [-0.25, -0.2) is 19.3 Å². The summed E-state index contributed by atoms with van der Waals surface area (Å²) in [6.07, 6.45) is 4.85. The van der Waals surface area contributed by atoms with Crippen LogP contribution >= 0.6 is 0 Å². The molecule has 31 heavy (non-hydrogen) atoms. The van der Waals surface area contributed by atoms with Gasteiger partial charge in [0.1, 0.15) is 29.3 Å². The third-order valence-electron chi connectivity index (χ3n) is 5.33. The van der Waals surface area contributed by atoms with Crippen LogP contribution in [0, 0.1) is 17.2 Å². The second-order valence-electron chi connectivity index (χ2n) is 7.46. The maximum Gasteiger partial charge on any atom is 0.231 e. The smallest absolute Gasteiger partial charge is 0.231 e. The first kappa shape index (κ1) is 20.5. The Balaban J connectivity index is 1.82. The Bertz CT molecular complexity index is 1210. The summed E-state index contributed by atoms with van der Waals surface area (Å²) in [4.78, 5) is 27.5. The zero-order valence-electron chi connectivity index (χ0n) is 17.3. The third kappa shape index (κ3) is 3.84. The summed E-state index contributed by atoms with van der Waals surface area (Å²) in [7, 11) is 1.85. The number of nitrogens with one attached hydrogen (secondary N) is 1. The fourth-order valence-electron chi connectivity index (χ4n) is 3.51. The highest BCUT2D eigenvalue weighted by atomic mass is 19.1. The van der Waals surface area contributed by atoms with Gasteiger partial charge < -0.3 is 14.8 Å². The van der Waals surface area contributed by atoms with Gasteiger partial charge in [-0.15, -0.1) is 6.58 Å². The molecule has 8 nitrogen and oxygen atoms in total. The molecule has 0 spiro atoms. The van der Waals surface area contributed by atoms with Gasteiger partial charge in [-0.05, 0) is 24.5 Å².